The molecule has 14 heavy (non-hydrogen) atoms. The third-order valence-electron chi connectivity index (χ3n) is 1.53. The molecule has 0 aliphatic carbocycles. The predicted octanol–water partition coefficient (Wildman–Crippen LogP) is 2.24. The van der Waals surface area contributed by atoms with E-state index in [0.29, 0.717) is 0 Å². The molecule has 1 rings (SSSR count). The van der Waals surface area contributed by atoms with Crippen molar-refractivity contribution in [3.63, 3.8) is 0 Å². The second-order valence-electron chi connectivity index (χ2n) is 2.50. The summed E-state index contributed by atoms with van der Waals surface area (Å²) in [7, 11) is 0. The molecule has 0 aliphatic heterocycles. The van der Waals surface area contributed by atoms with Crippen LogP contribution in [-0.4, -0.2) is 11.0 Å². The monoisotopic (exact) mass is 214 g/mol. The van der Waals surface area contributed by atoms with Crippen LogP contribution >= 0.6 is 11.6 Å². The Hall–Kier alpha value is -1.55. The van der Waals surface area contributed by atoms with Crippen LogP contribution in [0.3, 0.4) is 0 Å². The highest BCUT2D eigenvalue weighted by Gasteiger charge is 2.02. The highest BCUT2D eigenvalue weighted by Crippen LogP contribution is 2.18. The first-order chi connectivity index (χ1) is 6.65. The molecule has 0 aromatic heterocycles. The maximum absolute atomic E-state index is 13.2. The third kappa shape index (κ3) is 2.47. The van der Waals surface area contributed by atoms with Gasteiger partial charge in [0.1, 0.15) is 5.82 Å². The van der Waals surface area contributed by atoms with Crippen molar-refractivity contribution in [3.8, 4) is 0 Å². The number of nitrogens with two attached hydrogens (primary N) is 1. The number of rotatable bonds is 2. The normalized spacial score (nSPS) is 12.3. The van der Waals surface area contributed by atoms with E-state index in [0.717, 1.165) is 0 Å². The minimum absolute atomic E-state index is 0.0339. The van der Waals surface area contributed by atoms with E-state index in [1.165, 1.54) is 24.3 Å². The SMILES string of the molecule is NC(C=Cc1cccc(Cl)c1F)=NO. The lowest BCUT2D eigenvalue weighted by Gasteiger charge is -1.97. The zero-order chi connectivity index (χ0) is 10.6. The van der Waals surface area contributed by atoms with E-state index in [9.17, 15) is 4.39 Å². The standard InChI is InChI=1S/C9H8ClFN2O/c10-7-3-1-2-6(9(7)11)4-5-8(12)13-14/h1-5,14H,(H2,12,13). The summed E-state index contributed by atoms with van der Waals surface area (Å²) in [6.07, 6.45) is 2.64. The summed E-state index contributed by atoms with van der Waals surface area (Å²) in [5, 5.41) is 11.0. The van der Waals surface area contributed by atoms with E-state index in [1.807, 2.05) is 0 Å². The number of amidine groups is 1. The quantitative estimate of drug-likeness (QED) is 0.343. The van der Waals surface area contributed by atoms with Crippen LogP contribution in [0.15, 0.2) is 29.4 Å². The fourth-order valence-corrected chi connectivity index (χ4v) is 1.04. The van der Waals surface area contributed by atoms with Gasteiger partial charge in [-0.3, -0.25) is 0 Å². The largest absolute Gasteiger partial charge is 0.409 e. The van der Waals surface area contributed by atoms with E-state index in [1.54, 1.807) is 6.07 Å². The maximum atomic E-state index is 13.2. The first-order valence-corrected chi connectivity index (χ1v) is 4.12. The molecule has 5 heteroatoms. The molecule has 1 aromatic rings. The molecule has 0 heterocycles. The van der Waals surface area contributed by atoms with Crippen LogP contribution in [0.5, 0.6) is 0 Å². The van der Waals surface area contributed by atoms with E-state index in [4.69, 9.17) is 22.5 Å². The Kier molecular flexibility index (Phi) is 3.48. The van der Waals surface area contributed by atoms with Gasteiger partial charge in [0, 0.05) is 5.56 Å². The molecule has 1 aromatic carbocycles. The van der Waals surface area contributed by atoms with Gasteiger partial charge in [0.25, 0.3) is 0 Å². The van der Waals surface area contributed by atoms with Gasteiger partial charge in [-0.15, -0.1) is 0 Å². The lowest BCUT2D eigenvalue weighted by atomic mass is 10.2. The van der Waals surface area contributed by atoms with Crippen molar-refractivity contribution < 1.29 is 9.60 Å². The summed E-state index contributed by atoms with van der Waals surface area (Å²) in [4.78, 5) is 0. The summed E-state index contributed by atoms with van der Waals surface area (Å²) in [5.41, 5.74) is 5.45. The predicted molar refractivity (Wildman–Crippen MR) is 53.9 cm³/mol. The van der Waals surface area contributed by atoms with Gasteiger partial charge in [0.05, 0.1) is 5.02 Å². The smallest absolute Gasteiger partial charge is 0.162 e. The van der Waals surface area contributed by atoms with Crippen molar-refractivity contribution in [2.75, 3.05) is 0 Å². The molecular formula is C9H8ClFN2O. The first-order valence-electron chi connectivity index (χ1n) is 3.74. The molecular weight excluding hydrogens is 207 g/mol. The van der Waals surface area contributed by atoms with Crippen LogP contribution in [-0.2, 0) is 0 Å². The van der Waals surface area contributed by atoms with Gasteiger partial charge >= 0.3 is 0 Å². The average Bonchev–Trinajstić information content (AvgIpc) is 2.20. The Balaban J connectivity index is 2.98. The lowest BCUT2D eigenvalue weighted by molar-refractivity contribution is 0.319. The molecule has 0 saturated carbocycles. The van der Waals surface area contributed by atoms with Crippen molar-refractivity contribution >= 4 is 23.5 Å². The minimum Gasteiger partial charge on any atom is -0.409 e. The molecule has 3 N–H and O–H groups in total. The Labute approximate surface area is 85.3 Å². The topological polar surface area (TPSA) is 58.6 Å². The molecule has 0 amide bonds. The van der Waals surface area contributed by atoms with Gasteiger partial charge in [-0.05, 0) is 18.2 Å². The fourth-order valence-electron chi connectivity index (χ4n) is 0.858. The van der Waals surface area contributed by atoms with Crippen LogP contribution < -0.4 is 5.73 Å². The zero-order valence-corrected chi connectivity index (χ0v) is 7.87. The van der Waals surface area contributed by atoms with Gasteiger partial charge < -0.3 is 10.9 Å². The second kappa shape index (κ2) is 4.62. The van der Waals surface area contributed by atoms with Gasteiger partial charge in [-0.25, -0.2) is 4.39 Å². The van der Waals surface area contributed by atoms with Crippen LogP contribution in [0, 0.1) is 5.82 Å². The summed E-state index contributed by atoms with van der Waals surface area (Å²) < 4.78 is 13.2. The van der Waals surface area contributed by atoms with Crippen LogP contribution in [0.4, 0.5) is 4.39 Å². The summed E-state index contributed by atoms with van der Waals surface area (Å²) >= 11 is 5.54. The highest BCUT2D eigenvalue weighted by molar-refractivity contribution is 6.30. The lowest BCUT2D eigenvalue weighted by Crippen LogP contribution is -2.06. The van der Waals surface area contributed by atoms with Gasteiger partial charge in [-0.2, -0.15) is 0 Å². The van der Waals surface area contributed by atoms with Crippen molar-refractivity contribution in [2.45, 2.75) is 0 Å². The molecule has 0 aliphatic rings. The van der Waals surface area contributed by atoms with Crippen molar-refractivity contribution in [3.05, 3.63) is 40.7 Å². The zero-order valence-electron chi connectivity index (χ0n) is 7.11. The minimum atomic E-state index is -0.531. The number of benzene rings is 1. The van der Waals surface area contributed by atoms with Crippen molar-refractivity contribution in [1.29, 1.82) is 0 Å². The van der Waals surface area contributed by atoms with Gasteiger partial charge in [0.2, 0.25) is 0 Å². The maximum Gasteiger partial charge on any atom is 0.162 e. The summed E-state index contributed by atoms with van der Waals surface area (Å²) in [6.45, 7) is 0. The Morgan fingerprint density at radius 3 is 2.93 bits per heavy atom. The molecule has 0 atom stereocenters. The summed E-state index contributed by atoms with van der Waals surface area (Å²) in [5.74, 6) is -0.638. The van der Waals surface area contributed by atoms with Crippen LogP contribution in [0.2, 0.25) is 5.02 Å². The van der Waals surface area contributed by atoms with E-state index >= 15 is 0 Å². The summed E-state index contributed by atoms with van der Waals surface area (Å²) in [6, 6.07) is 4.58. The second-order valence-corrected chi connectivity index (χ2v) is 2.91. The Bertz CT molecular complexity index is 390. The van der Waals surface area contributed by atoms with E-state index < -0.39 is 5.82 Å². The molecule has 0 fully saturated rings. The molecule has 0 saturated heterocycles. The van der Waals surface area contributed by atoms with Gasteiger partial charge in [-0.1, -0.05) is 28.9 Å². The molecule has 0 unspecified atom stereocenters. The Morgan fingerprint density at radius 2 is 2.29 bits per heavy atom. The van der Waals surface area contributed by atoms with Crippen LogP contribution in [0.1, 0.15) is 5.56 Å². The number of hydrogen-bond donors (Lipinski definition) is 2. The van der Waals surface area contributed by atoms with E-state index in [-0.39, 0.29) is 16.4 Å². The molecule has 74 valence electrons. The fraction of sp³-hybridized carbons (Fsp3) is 0. The highest BCUT2D eigenvalue weighted by atomic mass is 35.5. The number of nitrogens with zero attached hydrogens (tertiary/aromatic N) is 1. The van der Waals surface area contributed by atoms with Gasteiger partial charge in [0.15, 0.2) is 5.84 Å². The molecule has 0 spiro atoms. The van der Waals surface area contributed by atoms with Crippen molar-refractivity contribution in [1.82, 2.24) is 0 Å². The molecule has 3 nitrogen and oxygen atoms in total. The number of halogens is 2. The number of oxime groups is 1. The van der Waals surface area contributed by atoms with Crippen LogP contribution in [0.25, 0.3) is 6.08 Å². The third-order valence-corrected chi connectivity index (χ3v) is 1.82. The van der Waals surface area contributed by atoms with E-state index in [2.05, 4.69) is 5.16 Å². The van der Waals surface area contributed by atoms with Crippen molar-refractivity contribution in [2.24, 2.45) is 10.9 Å². The Morgan fingerprint density at radius 1 is 1.57 bits per heavy atom. The molecule has 0 bridgehead atoms. The number of hydrogen-bond acceptors (Lipinski definition) is 2. The molecule has 0 radical (unpaired) electrons. The first kappa shape index (κ1) is 10.5. The average molecular weight is 215 g/mol.